The Hall–Kier alpha value is -1.62. The number of nitrogens with one attached hydrogen (secondary N) is 1. The van der Waals surface area contributed by atoms with Crippen LogP contribution >= 0.6 is 0 Å². The van der Waals surface area contributed by atoms with Crippen molar-refractivity contribution in [3.63, 3.8) is 0 Å². The molecule has 1 fully saturated rings. The molecule has 18 heavy (non-hydrogen) atoms. The number of pyridine rings is 1. The van der Waals surface area contributed by atoms with Gasteiger partial charge in [0.05, 0.1) is 6.61 Å². The van der Waals surface area contributed by atoms with Crippen LogP contribution in [-0.2, 0) is 4.74 Å². The number of piperidine rings is 1. The summed E-state index contributed by atoms with van der Waals surface area (Å²) in [7, 11) is 1.74. The highest BCUT2D eigenvalue weighted by Gasteiger charge is 2.20. The average molecular weight is 248 g/mol. The van der Waals surface area contributed by atoms with Crippen LogP contribution in [0.1, 0.15) is 18.4 Å². The van der Waals surface area contributed by atoms with Crippen LogP contribution in [0.25, 0.3) is 0 Å². The van der Waals surface area contributed by atoms with E-state index in [4.69, 9.17) is 15.9 Å². The van der Waals surface area contributed by atoms with Crippen molar-refractivity contribution >= 4 is 11.7 Å². The molecule has 1 saturated heterocycles. The van der Waals surface area contributed by atoms with Crippen LogP contribution in [0.4, 0.5) is 5.82 Å². The number of methoxy groups -OCH3 is 1. The summed E-state index contributed by atoms with van der Waals surface area (Å²) in [5.74, 6) is 1.55. The van der Waals surface area contributed by atoms with Gasteiger partial charge in [0.25, 0.3) is 0 Å². The van der Waals surface area contributed by atoms with Crippen LogP contribution in [-0.4, -0.2) is 37.6 Å². The highest BCUT2D eigenvalue weighted by atomic mass is 16.5. The van der Waals surface area contributed by atoms with Gasteiger partial charge < -0.3 is 15.4 Å². The molecule has 5 nitrogen and oxygen atoms in total. The lowest BCUT2D eigenvalue weighted by Gasteiger charge is -2.33. The van der Waals surface area contributed by atoms with Gasteiger partial charge in [-0.3, -0.25) is 5.41 Å². The lowest BCUT2D eigenvalue weighted by molar-refractivity contribution is 0.143. The Morgan fingerprint density at radius 2 is 2.50 bits per heavy atom. The van der Waals surface area contributed by atoms with Gasteiger partial charge in [-0.2, -0.15) is 0 Å². The van der Waals surface area contributed by atoms with Crippen LogP contribution in [0.3, 0.4) is 0 Å². The summed E-state index contributed by atoms with van der Waals surface area (Å²) >= 11 is 0. The minimum atomic E-state index is 0.0871. The minimum Gasteiger partial charge on any atom is -0.384 e. The van der Waals surface area contributed by atoms with E-state index in [0.717, 1.165) is 37.5 Å². The van der Waals surface area contributed by atoms with Gasteiger partial charge in [0, 0.05) is 32.0 Å². The van der Waals surface area contributed by atoms with Crippen molar-refractivity contribution in [2.75, 3.05) is 31.7 Å². The molecule has 1 unspecified atom stereocenters. The molecule has 3 N–H and O–H groups in total. The second kappa shape index (κ2) is 5.82. The number of rotatable bonds is 4. The first-order valence-electron chi connectivity index (χ1n) is 6.25. The molecule has 1 aromatic rings. The second-order valence-corrected chi connectivity index (χ2v) is 4.73. The van der Waals surface area contributed by atoms with Crippen molar-refractivity contribution in [2.45, 2.75) is 12.8 Å². The Kier molecular flexibility index (Phi) is 4.15. The zero-order valence-electron chi connectivity index (χ0n) is 10.7. The van der Waals surface area contributed by atoms with Gasteiger partial charge in [0.1, 0.15) is 11.7 Å². The number of anilines is 1. The van der Waals surface area contributed by atoms with Crippen LogP contribution < -0.4 is 10.6 Å². The lowest BCUT2D eigenvalue weighted by atomic mass is 9.99. The molecule has 0 saturated carbocycles. The Labute approximate surface area is 107 Å². The predicted molar refractivity (Wildman–Crippen MR) is 72.1 cm³/mol. The highest BCUT2D eigenvalue weighted by molar-refractivity contribution is 5.95. The predicted octanol–water partition coefficient (Wildman–Crippen LogP) is 1.23. The van der Waals surface area contributed by atoms with E-state index in [1.165, 1.54) is 6.42 Å². The van der Waals surface area contributed by atoms with Crippen LogP contribution in [0.15, 0.2) is 18.3 Å². The molecular weight excluding hydrogens is 228 g/mol. The molecule has 5 heteroatoms. The zero-order valence-corrected chi connectivity index (χ0v) is 10.7. The van der Waals surface area contributed by atoms with Gasteiger partial charge in [-0.15, -0.1) is 0 Å². The van der Waals surface area contributed by atoms with Crippen molar-refractivity contribution in [2.24, 2.45) is 11.7 Å². The molecule has 2 heterocycles. The smallest absolute Gasteiger partial charge is 0.129 e. The minimum absolute atomic E-state index is 0.0871. The Morgan fingerprint density at radius 3 is 3.22 bits per heavy atom. The van der Waals surface area contributed by atoms with E-state index in [1.807, 2.05) is 6.07 Å². The second-order valence-electron chi connectivity index (χ2n) is 4.73. The monoisotopic (exact) mass is 248 g/mol. The molecule has 1 atom stereocenters. The highest BCUT2D eigenvalue weighted by Crippen LogP contribution is 2.22. The summed E-state index contributed by atoms with van der Waals surface area (Å²) < 4.78 is 5.23. The number of amidine groups is 1. The lowest BCUT2D eigenvalue weighted by Crippen LogP contribution is -2.37. The van der Waals surface area contributed by atoms with Crippen molar-refractivity contribution in [3.05, 3.63) is 23.9 Å². The molecule has 98 valence electrons. The summed E-state index contributed by atoms with van der Waals surface area (Å²) in [4.78, 5) is 6.62. The Morgan fingerprint density at radius 1 is 1.67 bits per heavy atom. The fourth-order valence-electron chi connectivity index (χ4n) is 2.40. The van der Waals surface area contributed by atoms with Gasteiger partial charge in [-0.05, 0) is 30.9 Å². The van der Waals surface area contributed by atoms with Crippen molar-refractivity contribution < 1.29 is 4.74 Å². The number of nitrogens with two attached hydrogens (primary N) is 1. The number of hydrogen-bond acceptors (Lipinski definition) is 4. The zero-order chi connectivity index (χ0) is 13.0. The number of nitrogens with zero attached hydrogens (tertiary/aromatic N) is 2. The van der Waals surface area contributed by atoms with Crippen molar-refractivity contribution in [1.29, 1.82) is 5.41 Å². The Bertz CT molecular complexity index is 419. The molecule has 0 radical (unpaired) electrons. The van der Waals surface area contributed by atoms with E-state index in [9.17, 15) is 0 Å². The Balaban J connectivity index is 2.10. The molecule has 1 aliphatic rings. The molecular formula is C13H20N4O. The fraction of sp³-hybridized carbons (Fsp3) is 0.538. The molecule has 0 aliphatic carbocycles. The van der Waals surface area contributed by atoms with Gasteiger partial charge in [0.15, 0.2) is 0 Å². The number of aromatic nitrogens is 1. The molecule has 1 aliphatic heterocycles. The standard InChI is InChI=1S/C13H20N4O/c1-18-9-10-3-2-6-17(8-10)12-7-11(13(14)15)4-5-16-12/h4-5,7,10H,2-3,6,8-9H2,1H3,(H3,14,15). The first-order chi connectivity index (χ1) is 8.70. The maximum atomic E-state index is 7.46. The molecule has 0 amide bonds. The van der Waals surface area contributed by atoms with Crippen LogP contribution in [0.5, 0.6) is 0 Å². The molecule has 0 aromatic carbocycles. The van der Waals surface area contributed by atoms with E-state index < -0.39 is 0 Å². The third-order valence-electron chi connectivity index (χ3n) is 3.30. The SMILES string of the molecule is COCC1CCCN(c2cc(C(=N)N)ccn2)C1. The topological polar surface area (TPSA) is 75.2 Å². The van der Waals surface area contributed by atoms with Crippen molar-refractivity contribution in [3.8, 4) is 0 Å². The largest absolute Gasteiger partial charge is 0.384 e. The summed E-state index contributed by atoms with van der Waals surface area (Å²) in [5.41, 5.74) is 6.23. The van der Waals surface area contributed by atoms with E-state index in [-0.39, 0.29) is 5.84 Å². The number of ether oxygens (including phenoxy) is 1. The molecule has 0 bridgehead atoms. The van der Waals surface area contributed by atoms with Gasteiger partial charge >= 0.3 is 0 Å². The van der Waals surface area contributed by atoms with Gasteiger partial charge in [-0.1, -0.05) is 0 Å². The first kappa shape index (κ1) is 12.8. The number of hydrogen-bond donors (Lipinski definition) is 2. The van der Waals surface area contributed by atoms with E-state index in [0.29, 0.717) is 5.92 Å². The first-order valence-corrected chi connectivity index (χ1v) is 6.25. The van der Waals surface area contributed by atoms with E-state index in [1.54, 1.807) is 19.4 Å². The van der Waals surface area contributed by atoms with E-state index >= 15 is 0 Å². The van der Waals surface area contributed by atoms with E-state index in [2.05, 4.69) is 9.88 Å². The van der Waals surface area contributed by atoms with Crippen LogP contribution in [0, 0.1) is 11.3 Å². The van der Waals surface area contributed by atoms with Crippen LogP contribution in [0.2, 0.25) is 0 Å². The van der Waals surface area contributed by atoms with Crippen molar-refractivity contribution in [1.82, 2.24) is 4.98 Å². The average Bonchev–Trinajstić information content (AvgIpc) is 2.39. The summed E-state index contributed by atoms with van der Waals surface area (Å²) in [6.45, 7) is 2.76. The third-order valence-corrected chi connectivity index (χ3v) is 3.30. The molecule has 2 rings (SSSR count). The molecule has 1 aromatic heterocycles. The number of nitrogen functional groups attached to an aromatic ring is 1. The summed E-state index contributed by atoms with van der Waals surface area (Å²) in [5, 5.41) is 7.46. The normalized spacial score (nSPS) is 19.8. The maximum absolute atomic E-state index is 7.46. The van der Waals surface area contributed by atoms with Gasteiger partial charge in [0.2, 0.25) is 0 Å². The quantitative estimate of drug-likeness (QED) is 0.620. The summed E-state index contributed by atoms with van der Waals surface area (Å²) in [6.07, 6.45) is 4.07. The third kappa shape index (κ3) is 2.98. The molecule has 0 spiro atoms. The fourth-order valence-corrected chi connectivity index (χ4v) is 2.40. The van der Waals surface area contributed by atoms with Gasteiger partial charge in [-0.25, -0.2) is 4.98 Å². The summed E-state index contributed by atoms with van der Waals surface area (Å²) in [6, 6.07) is 3.65. The maximum Gasteiger partial charge on any atom is 0.129 e.